The Balaban J connectivity index is 1.72. The molecule has 0 fully saturated rings. The number of halogens is 3. The van der Waals surface area contributed by atoms with E-state index in [1.807, 2.05) is 0 Å². The summed E-state index contributed by atoms with van der Waals surface area (Å²) >= 11 is 1.66. The number of carbonyl (C=O) groups excluding carboxylic acids is 1. The first-order valence-electron chi connectivity index (χ1n) is 7.74. The first-order chi connectivity index (χ1) is 12.5. The molecule has 4 nitrogen and oxygen atoms in total. The van der Waals surface area contributed by atoms with Gasteiger partial charge in [0.05, 0.1) is 11.4 Å². The maximum absolute atomic E-state index is 13.4. The minimum atomic E-state index is -1.09. The van der Waals surface area contributed by atoms with E-state index in [1.165, 1.54) is 22.9 Å². The Hall–Kier alpha value is -2.74. The maximum Gasteiger partial charge on any atom is 0.256 e. The molecule has 0 saturated heterocycles. The molecule has 0 saturated carbocycles. The summed E-state index contributed by atoms with van der Waals surface area (Å²) in [5.74, 6) is -1.24. The predicted octanol–water partition coefficient (Wildman–Crippen LogP) is 4.29. The molecular formula is C18H12F3N3OS. The maximum atomic E-state index is 13.4. The summed E-state index contributed by atoms with van der Waals surface area (Å²) < 4.78 is 41.2. The Bertz CT molecular complexity index is 1000. The first kappa shape index (κ1) is 16.7. The van der Waals surface area contributed by atoms with E-state index >= 15 is 0 Å². The van der Waals surface area contributed by atoms with Crippen LogP contribution in [0.15, 0.2) is 42.5 Å². The normalized spacial score (nSPS) is 12.9. The average molecular weight is 375 g/mol. The predicted molar refractivity (Wildman–Crippen MR) is 92.8 cm³/mol. The van der Waals surface area contributed by atoms with Gasteiger partial charge in [0.2, 0.25) is 0 Å². The summed E-state index contributed by atoms with van der Waals surface area (Å²) in [7, 11) is 0. The lowest BCUT2D eigenvalue weighted by Crippen LogP contribution is -2.16. The minimum Gasteiger partial charge on any atom is -0.306 e. The highest BCUT2D eigenvalue weighted by Gasteiger charge is 2.25. The summed E-state index contributed by atoms with van der Waals surface area (Å²) in [5, 5.41) is 7.23. The molecule has 1 aliphatic heterocycles. The molecule has 0 unspecified atom stereocenters. The molecule has 4 rings (SSSR count). The zero-order valence-corrected chi connectivity index (χ0v) is 14.1. The second-order valence-corrected chi connectivity index (χ2v) is 6.72. The number of thioether (sulfide) groups is 1. The van der Waals surface area contributed by atoms with Crippen molar-refractivity contribution in [3.8, 4) is 5.69 Å². The third kappa shape index (κ3) is 2.96. The van der Waals surface area contributed by atoms with Crippen molar-refractivity contribution < 1.29 is 18.0 Å². The van der Waals surface area contributed by atoms with Gasteiger partial charge in [0.15, 0.2) is 11.6 Å². The van der Waals surface area contributed by atoms with E-state index in [1.54, 1.807) is 23.9 Å². The van der Waals surface area contributed by atoms with E-state index < -0.39 is 17.5 Å². The standard InChI is InChI=1S/C18H12F3N3OS/c19-11-2-4-12(5-3-11)24-17(13-8-26-9-16(13)23-24)22-18(25)10-1-6-14(20)15(21)7-10/h1-7H,8-9H2,(H,22,25). The summed E-state index contributed by atoms with van der Waals surface area (Å²) in [6.45, 7) is 0. The molecule has 26 heavy (non-hydrogen) atoms. The van der Waals surface area contributed by atoms with Gasteiger partial charge in [0, 0.05) is 22.6 Å². The number of nitrogens with zero attached hydrogens (tertiary/aromatic N) is 2. The molecule has 0 aliphatic carbocycles. The van der Waals surface area contributed by atoms with Gasteiger partial charge in [0.1, 0.15) is 11.6 Å². The third-order valence-corrected chi connectivity index (χ3v) is 5.01. The van der Waals surface area contributed by atoms with Crippen LogP contribution in [-0.4, -0.2) is 15.7 Å². The van der Waals surface area contributed by atoms with Gasteiger partial charge >= 0.3 is 0 Å². The topological polar surface area (TPSA) is 46.9 Å². The number of anilines is 1. The largest absolute Gasteiger partial charge is 0.306 e. The quantitative estimate of drug-likeness (QED) is 0.743. The Morgan fingerprint density at radius 3 is 2.54 bits per heavy atom. The molecular weight excluding hydrogens is 363 g/mol. The lowest BCUT2D eigenvalue weighted by molar-refractivity contribution is 0.102. The molecule has 1 N–H and O–H groups in total. The number of fused-ring (bicyclic) bond motifs is 1. The van der Waals surface area contributed by atoms with E-state index in [2.05, 4.69) is 10.4 Å². The van der Waals surface area contributed by atoms with Gasteiger partial charge in [0.25, 0.3) is 5.91 Å². The third-order valence-electron chi connectivity index (χ3n) is 4.04. The number of nitrogens with one attached hydrogen (secondary N) is 1. The number of hydrogen-bond acceptors (Lipinski definition) is 3. The molecule has 8 heteroatoms. The number of aromatic nitrogens is 2. The lowest BCUT2D eigenvalue weighted by Gasteiger charge is -2.11. The first-order valence-corrected chi connectivity index (χ1v) is 8.89. The molecule has 3 aromatic rings. The SMILES string of the molecule is O=C(Nc1c2c(nn1-c1ccc(F)cc1)CSC2)c1ccc(F)c(F)c1. The Kier molecular flexibility index (Phi) is 4.20. The van der Waals surface area contributed by atoms with Crippen molar-refractivity contribution in [3.05, 3.63) is 76.7 Å². The Morgan fingerprint density at radius 2 is 1.81 bits per heavy atom. The van der Waals surface area contributed by atoms with E-state index in [0.29, 0.717) is 23.0 Å². The van der Waals surface area contributed by atoms with Gasteiger partial charge in [-0.05, 0) is 42.5 Å². The second kappa shape index (κ2) is 6.53. The van der Waals surface area contributed by atoms with Crippen molar-refractivity contribution in [2.75, 3.05) is 5.32 Å². The van der Waals surface area contributed by atoms with Gasteiger partial charge in [-0.15, -0.1) is 0 Å². The molecule has 1 aromatic heterocycles. The van der Waals surface area contributed by atoms with Crippen LogP contribution in [0.1, 0.15) is 21.6 Å². The zero-order valence-electron chi connectivity index (χ0n) is 13.3. The van der Waals surface area contributed by atoms with E-state index in [4.69, 9.17) is 0 Å². The highest BCUT2D eigenvalue weighted by Crippen LogP contribution is 2.36. The van der Waals surface area contributed by atoms with Gasteiger partial charge in [-0.1, -0.05) is 0 Å². The monoisotopic (exact) mass is 375 g/mol. The number of rotatable bonds is 3. The van der Waals surface area contributed by atoms with Crippen LogP contribution in [-0.2, 0) is 11.5 Å². The molecule has 2 aromatic carbocycles. The molecule has 0 atom stereocenters. The van der Waals surface area contributed by atoms with Crippen LogP contribution in [0.25, 0.3) is 5.69 Å². The minimum absolute atomic E-state index is 0.00449. The van der Waals surface area contributed by atoms with Crippen molar-refractivity contribution in [2.24, 2.45) is 0 Å². The van der Waals surface area contributed by atoms with Crippen LogP contribution in [0.2, 0.25) is 0 Å². The molecule has 2 heterocycles. The summed E-state index contributed by atoms with van der Waals surface area (Å²) in [5.41, 5.74) is 2.29. The Morgan fingerprint density at radius 1 is 1.04 bits per heavy atom. The molecule has 0 bridgehead atoms. The molecule has 132 valence electrons. The molecule has 1 aliphatic rings. The second-order valence-electron chi connectivity index (χ2n) is 5.74. The molecule has 1 amide bonds. The van der Waals surface area contributed by atoms with E-state index in [-0.39, 0.29) is 11.4 Å². The van der Waals surface area contributed by atoms with Crippen LogP contribution in [0, 0.1) is 17.5 Å². The summed E-state index contributed by atoms with van der Waals surface area (Å²) in [6, 6.07) is 8.67. The van der Waals surface area contributed by atoms with Crippen LogP contribution in [0.4, 0.5) is 19.0 Å². The smallest absolute Gasteiger partial charge is 0.256 e. The Labute approximate surface area is 151 Å². The van der Waals surface area contributed by atoms with Crippen molar-refractivity contribution >= 4 is 23.5 Å². The van der Waals surface area contributed by atoms with Crippen molar-refractivity contribution in [1.29, 1.82) is 0 Å². The van der Waals surface area contributed by atoms with E-state index in [0.717, 1.165) is 23.4 Å². The van der Waals surface area contributed by atoms with Crippen molar-refractivity contribution in [2.45, 2.75) is 11.5 Å². The van der Waals surface area contributed by atoms with Crippen LogP contribution < -0.4 is 5.32 Å². The lowest BCUT2D eigenvalue weighted by atomic mass is 10.2. The number of benzene rings is 2. The number of hydrogen-bond donors (Lipinski definition) is 1. The molecule has 0 spiro atoms. The van der Waals surface area contributed by atoms with Gasteiger partial charge in [-0.3, -0.25) is 4.79 Å². The van der Waals surface area contributed by atoms with Crippen molar-refractivity contribution in [3.63, 3.8) is 0 Å². The van der Waals surface area contributed by atoms with Crippen LogP contribution in [0.3, 0.4) is 0 Å². The van der Waals surface area contributed by atoms with Gasteiger partial charge < -0.3 is 5.32 Å². The summed E-state index contributed by atoms with van der Waals surface area (Å²) in [4.78, 5) is 12.5. The van der Waals surface area contributed by atoms with Crippen LogP contribution in [0.5, 0.6) is 0 Å². The fourth-order valence-corrected chi connectivity index (χ4v) is 3.76. The highest BCUT2D eigenvalue weighted by atomic mass is 32.2. The summed E-state index contributed by atoms with van der Waals surface area (Å²) in [6.07, 6.45) is 0. The average Bonchev–Trinajstić information content (AvgIpc) is 3.21. The highest BCUT2D eigenvalue weighted by molar-refractivity contribution is 7.98. The number of carbonyl (C=O) groups is 1. The van der Waals surface area contributed by atoms with Gasteiger partial charge in [-0.2, -0.15) is 16.9 Å². The zero-order chi connectivity index (χ0) is 18.3. The molecule has 0 radical (unpaired) electrons. The fraction of sp³-hybridized carbons (Fsp3) is 0.111. The van der Waals surface area contributed by atoms with E-state index in [9.17, 15) is 18.0 Å². The van der Waals surface area contributed by atoms with Gasteiger partial charge in [-0.25, -0.2) is 17.9 Å². The van der Waals surface area contributed by atoms with Crippen molar-refractivity contribution in [1.82, 2.24) is 9.78 Å². The fourth-order valence-electron chi connectivity index (χ4n) is 2.73. The van der Waals surface area contributed by atoms with Crippen LogP contribution >= 0.6 is 11.8 Å². The number of amides is 1.